The summed E-state index contributed by atoms with van der Waals surface area (Å²) in [7, 11) is 1.98. The minimum absolute atomic E-state index is 0.432. The highest BCUT2D eigenvalue weighted by atomic mass is 35.5. The molecule has 0 amide bonds. The van der Waals surface area contributed by atoms with E-state index in [1.807, 2.05) is 24.1 Å². The van der Waals surface area contributed by atoms with Crippen molar-refractivity contribution in [3.63, 3.8) is 0 Å². The van der Waals surface area contributed by atoms with Gasteiger partial charge in [0.1, 0.15) is 5.82 Å². The molecule has 2 heterocycles. The zero-order valence-corrected chi connectivity index (χ0v) is 11.1. The molecule has 0 unspecified atom stereocenters. The monoisotopic (exact) mass is 267 g/mol. The smallest absolute Gasteiger partial charge is 0.147 e. The summed E-state index contributed by atoms with van der Waals surface area (Å²) in [5.74, 6) is 0.781. The third-order valence-corrected chi connectivity index (χ3v) is 3.78. The van der Waals surface area contributed by atoms with Gasteiger partial charge in [-0.1, -0.05) is 17.7 Å². The van der Waals surface area contributed by atoms with Crippen LogP contribution in [0.25, 0.3) is 0 Å². The van der Waals surface area contributed by atoms with Crippen LogP contribution in [0.2, 0.25) is 5.02 Å². The van der Waals surface area contributed by atoms with Crippen molar-refractivity contribution in [3.05, 3.63) is 45.2 Å². The molecule has 3 nitrogen and oxygen atoms in total. The van der Waals surface area contributed by atoms with Gasteiger partial charge in [0.25, 0.3) is 0 Å². The predicted octanol–water partition coefficient (Wildman–Crippen LogP) is 2.89. The molecule has 2 aromatic rings. The number of halogens is 1. The molecule has 5 heteroatoms. The van der Waals surface area contributed by atoms with Gasteiger partial charge in [-0.05, 0) is 23.1 Å². The maximum absolute atomic E-state index is 6.26. The van der Waals surface area contributed by atoms with Crippen molar-refractivity contribution in [2.24, 2.45) is 5.73 Å². The minimum atomic E-state index is 0.432. The van der Waals surface area contributed by atoms with Gasteiger partial charge in [0, 0.05) is 24.7 Å². The van der Waals surface area contributed by atoms with Gasteiger partial charge in [0.2, 0.25) is 0 Å². The van der Waals surface area contributed by atoms with E-state index < -0.39 is 0 Å². The Labute approximate surface area is 110 Å². The molecule has 0 aliphatic carbocycles. The molecule has 17 heavy (non-hydrogen) atoms. The summed E-state index contributed by atoms with van der Waals surface area (Å²) in [5.41, 5.74) is 6.55. The molecule has 2 N–H and O–H groups in total. The standard InChI is InChI=1S/C12H14ClN3S/c1-16(8-10-3-2-6-17-10)12-11(13)9(7-14)4-5-15-12/h2-6H,7-8,14H2,1H3. The lowest BCUT2D eigenvalue weighted by molar-refractivity contribution is 0.906. The summed E-state index contributed by atoms with van der Waals surface area (Å²) in [6.07, 6.45) is 1.74. The van der Waals surface area contributed by atoms with E-state index in [0.29, 0.717) is 11.6 Å². The number of nitrogens with two attached hydrogens (primary N) is 1. The SMILES string of the molecule is CN(Cc1cccs1)c1nccc(CN)c1Cl. The molecule has 0 saturated carbocycles. The molecule has 0 radical (unpaired) electrons. The molecule has 0 atom stereocenters. The number of anilines is 1. The van der Waals surface area contributed by atoms with Crippen molar-refractivity contribution >= 4 is 28.8 Å². The Morgan fingerprint density at radius 2 is 2.29 bits per heavy atom. The van der Waals surface area contributed by atoms with Gasteiger partial charge in [-0.3, -0.25) is 0 Å². The zero-order chi connectivity index (χ0) is 12.3. The number of thiophene rings is 1. The van der Waals surface area contributed by atoms with Crippen molar-refractivity contribution in [2.75, 3.05) is 11.9 Å². The second-order valence-electron chi connectivity index (χ2n) is 3.75. The molecule has 0 fully saturated rings. The first-order valence-electron chi connectivity index (χ1n) is 5.29. The van der Waals surface area contributed by atoms with Gasteiger partial charge in [-0.2, -0.15) is 0 Å². The molecular weight excluding hydrogens is 254 g/mol. The van der Waals surface area contributed by atoms with E-state index in [2.05, 4.69) is 16.4 Å². The lowest BCUT2D eigenvalue weighted by Crippen LogP contribution is -2.18. The van der Waals surface area contributed by atoms with E-state index in [1.54, 1.807) is 17.5 Å². The summed E-state index contributed by atoms with van der Waals surface area (Å²) < 4.78 is 0. The van der Waals surface area contributed by atoms with Crippen LogP contribution < -0.4 is 10.6 Å². The van der Waals surface area contributed by atoms with Crippen LogP contribution in [0.4, 0.5) is 5.82 Å². The average Bonchev–Trinajstić information content (AvgIpc) is 2.82. The normalized spacial score (nSPS) is 10.5. The van der Waals surface area contributed by atoms with Crippen molar-refractivity contribution in [2.45, 2.75) is 13.1 Å². The second-order valence-corrected chi connectivity index (χ2v) is 5.16. The number of aromatic nitrogens is 1. The maximum Gasteiger partial charge on any atom is 0.147 e. The molecule has 0 saturated heterocycles. The molecule has 0 spiro atoms. The number of pyridine rings is 1. The topological polar surface area (TPSA) is 42.2 Å². The van der Waals surface area contributed by atoms with Crippen molar-refractivity contribution in [3.8, 4) is 0 Å². The van der Waals surface area contributed by atoms with Crippen LogP contribution in [-0.4, -0.2) is 12.0 Å². The Bertz CT molecular complexity index is 485. The van der Waals surface area contributed by atoms with E-state index in [0.717, 1.165) is 17.9 Å². The van der Waals surface area contributed by atoms with E-state index >= 15 is 0 Å². The van der Waals surface area contributed by atoms with E-state index in [1.165, 1.54) is 4.88 Å². The van der Waals surface area contributed by atoms with Crippen LogP contribution >= 0.6 is 22.9 Å². The van der Waals surface area contributed by atoms with Crippen molar-refractivity contribution in [1.82, 2.24) is 4.98 Å². The summed E-state index contributed by atoms with van der Waals surface area (Å²) in [6.45, 7) is 1.24. The Kier molecular flexibility index (Phi) is 3.99. The van der Waals surface area contributed by atoms with Crippen LogP contribution in [0.5, 0.6) is 0 Å². The second kappa shape index (κ2) is 5.49. The highest BCUT2D eigenvalue weighted by Gasteiger charge is 2.11. The fraction of sp³-hybridized carbons (Fsp3) is 0.250. The van der Waals surface area contributed by atoms with Crippen LogP contribution in [0.15, 0.2) is 29.8 Å². The first-order chi connectivity index (χ1) is 8.22. The molecule has 0 bridgehead atoms. The number of nitrogens with zero attached hydrogens (tertiary/aromatic N) is 2. The van der Waals surface area contributed by atoms with E-state index in [-0.39, 0.29) is 0 Å². The molecular formula is C12H14ClN3S. The van der Waals surface area contributed by atoms with Crippen LogP contribution in [0.1, 0.15) is 10.4 Å². The lowest BCUT2D eigenvalue weighted by Gasteiger charge is -2.19. The lowest BCUT2D eigenvalue weighted by atomic mass is 10.2. The summed E-state index contributed by atoms with van der Waals surface area (Å²) in [4.78, 5) is 7.63. The number of hydrogen-bond acceptors (Lipinski definition) is 4. The fourth-order valence-corrected chi connectivity index (χ4v) is 2.70. The fourth-order valence-electron chi connectivity index (χ4n) is 1.61. The summed E-state index contributed by atoms with van der Waals surface area (Å²) in [6, 6.07) is 5.99. The van der Waals surface area contributed by atoms with Gasteiger partial charge >= 0.3 is 0 Å². The minimum Gasteiger partial charge on any atom is -0.353 e. The highest BCUT2D eigenvalue weighted by Crippen LogP contribution is 2.27. The maximum atomic E-state index is 6.26. The first-order valence-corrected chi connectivity index (χ1v) is 6.55. The van der Waals surface area contributed by atoms with Crippen molar-refractivity contribution < 1.29 is 0 Å². The predicted molar refractivity (Wildman–Crippen MR) is 73.6 cm³/mol. The van der Waals surface area contributed by atoms with E-state index in [4.69, 9.17) is 17.3 Å². The van der Waals surface area contributed by atoms with Gasteiger partial charge in [-0.15, -0.1) is 11.3 Å². The Hall–Kier alpha value is -1.10. The summed E-state index contributed by atoms with van der Waals surface area (Å²) in [5, 5.41) is 2.71. The van der Waals surface area contributed by atoms with Gasteiger partial charge in [0.05, 0.1) is 11.6 Å². The van der Waals surface area contributed by atoms with Crippen LogP contribution in [0.3, 0.4) is 0 Å². The van der Waals surface area contributed by atoms with Gasteiger partial charge < -0.3 is 10.6 Å². The largest absolute Gasteiger partial charge is 0.353 e. The van der Waals surface area contributed by atoms with Crippen LogP contribution in [-0.2, 0) is 13.1 Å². The van der Waals surface area contributed by atoms with Crippen molar-refractivity contribution in [1.29, 1.82) is 0 Å². The van der Waals surface area contributed by atoms with Crippen LogP contribution in [0, 0.1) is 0 Å². The zero-order valence-electron chi connectivity index (χ0n) is 9.56. The third-order valence-electron chi connectivity index (χ3n) is 2.51. The number of hydrogen-bond donors (Lipinski definition) is 1. The molecule has 0 aliphatic rings. The number of rotatable bonds is 4. The molecule has 90 valence electrons. The van der Waals surface area contributed by atoms with Gasteiger partial charge in [0.15, 0.2) is 0 Å². The molecule has 0 aromatic carbocycles. The first kappa shape index (κ1) is 12.4. The summed E-state index contributed by atoms with van der Waals surface area (Å²) >= 11 is 7.99. The third kappa shape index (κ3) is 2.77. The van der Waals surface area contributed by atoms with Gasteiger partial charge in [-0.25, -0.2) is 4.98 Å². The Morgan fingerprint density at radius 1 is 1.47 bits per heavy atom. The molecule has 2 rings (SSSR count). The van der Waals surface area contributed by atoms with E-state index in [9.17, 15) is 0 Å². The average molecular weight is 268 g/mol. The quantitative estimate of drug-likeness (QED) is 0.926. The molecule has 0 aliphatic heterocycles. The molecule has 2 aromatic heterocycles. The Balaban J connectivity index is 2.22. The Morgan fingerprint density at radius 3 is 2.94 bits per heavy atom. The highest BCUT2D eigenvalue weighted by molar-refractivity contribution is 7.09.